The van der Waals surface area contributed by atoms with Crippen LogP contribution in [-0.4, -0.2) is 12.0 Å². The number of carbonyl (C=O) groups excluding carboxylic acids is 2. The molecule has 3 N–H and O–H groups in total. The Balaban J connectivity index is 1.89. The third-order valence-corrected chi connectivity index (χ3v) is 8.51. The van der Waals surface area contributed by atoms with Gasteiger partial charge in [0.1, 0.15) is 0 Å². The average Bonchev–Trinajstić information content (AvgIpc) is 2.83. The fourth-order valence-corrected chi connectivity index (χ4v) is 6.53. The zero-order chi connectivity index (χ0) is 23.2. The van der Waals surface area contributed by atoms with Gasteiger partial charge in [-0.15, -0.1) is 0 Å². The standard InChI is InChI=1S/C26H23IN2O4/c1-18(30)32-27(21-13-6-3-7-14-21)33-23-17-16-19-10-8-9-15-22(19)24(23)25(29-26(28)31)20-11-4-2-5-12-20/h2-17,25H,1H3,(H3,28,29,31). The number of nitrogens with two attached hydrogens (primary N) is 1. The van der Waals surface area contributed by atoms with Crippen molar-refractivity contribution in [2.75, 3.05) is 0 Å². The first-order valence-corrected chi connectivity index (χ1v) is 13.1. The number of amides is 2. The fraction of sp³-hybridized carbons (Fsp3) is 0.0769. The zero-order valence-electron chi connectivity index (χ0n) is 17.9. The molecule has 0 saturated heterocycles. The van der Waals surface area contributed by atoms with Crippen molar-refractivity contribution in [2.24, 2.45) is 5.73 Å². The van der Waals surface area contributed by atoms with Crippen molar-refractivity contribution < 1.29 is 15.7 Å². The van der Waals surface area contributed by atoms with Gasteiger partial charge in [0.15, 0.2) is 0 Å². The molecule has 1 unspecified atom stereocenters. The summed E-state index contributed by atoms with van der Waals surface area (Å²) < 4.78 is 13.0. The first-order chi connectivity index (χ1) is 16.0. The Morgan fingerprint density at radius 1 is 0.848 bits per heavy atom. The number of rotatable bonds is 7. The summed E-state index contributed by atoms with van der Waals surface area (Å²) >= 11 is -2.86. The molecule has 4 aromatic rings. The maximum atomic E-state index is 12.0. The quantitative estimate of drug-likeness (QED) is 0.285. The van der Waals surface area contributed by atoms with Gasteiger partial charge in [0, 0.05) is 0 Å². The molecule has 168 valence electrons. The van der Waals surface area contributed by atoms with Crippen LogP contribution in [0.4, 0.5) is 4.79 Å². The van der Waals surface area contributed by atoms with E-state index in [0.717, 1.165) is 25.5 Å². The molecule has 0 spiro atoms. The van der Waals surface area contributed by atoms with Gasteiger partial charge in [-0.25, -0.2) is 0 Å². The van der Waals surface area contributed by atoms with Gasteiger partial charge in [-0.2, -0.15) is 0 Å². The molecule has 2 amide bonds. The number of carbonyl (C=O) groups is 2. The van der Waals surface area contributed by atoms with Gasteiger partial charge < -0.3 is 0 Å². The summed E-state index contributed by atoms with van der Waals surface area (Å²) in [5.41, 5.74) is 7.18. The predicted octanol–water partition coefficient (Wildman–Crippen LogP) is 5.75. The number of benzene rings is 4. The molecule has 0 aliphatic heterocycles. The molecular formula is C26H23IN2O4. The molecule has 6 nitrogen and oxygen atoms in total. The topological polar surface area (TPSA) is 90.7 Å². The van der Waals surface area contributed by atoms with E-state index in [1.165, 1.54) is 6.92 Å². The Morgan fingerprint density at radius 3 is 2.15 bits per heavy atom. The van der Waals surface area contributed by atoms with Gasteiger partial charge in [0.05, 0.1) is 0 Å². The van der Waals surface area contributed by atoms with Crippen molar-refractivity contribution in [3.8, 4) is 5.75 Å². The molecule has 0 aromatic heterocycles. The van der Waals surface area contributed by atoms with E-state index in [-0.39, 0.29) is 0 Å². The Labute approximate surface area is 200 Å². The van der Waals surface area contributed by atoms with Crippen LogP contribution < -0.4 is 14.1 Å². The van der Waals surface area contributed by atoms with Gasteiger partial charge in [0.25, 0.3) is 0 Å². The number of primary amides is 1. The summed E-state index contributed by atoms with van der Waals surface area (Å²) in [6.07, 6.45) is 0. The van der Waals surface area contributed by atoms with Crippen molar-refractivity contribution in [2.45, 2.75) is 13.0 Å². The number of nitrogens with one attached hydrogen (secondary N) is 1. The molecule has 0 aliphatic rings. The minimum absolute atomic E-state index is 0.402. The minimum atomic E-state index is -2.86. The van der Waals surface area contributed by atoms with Crippen LogP contribution in [0.1, 0.15) is 24.1 Å². The van der Waals surface area contributed by atoms with E-state index in [9.17, 15) is 9.59 Å². The molecule has 33 heavy (non-hydrogen) atoms. The third-order valence-electron chi connectivity index (χ3n) is 4.88. The summed E-state index contributed by atoms with van der Waals surface area (Å²) in [6.45, 7) is 1.37. The van der Waals surface area contributed by atoms with Gasteiger partial charge in [-0.1, -0.05) is 0 Å². The molecule has 0 aliphatic carbocycles. The van der Waals surface area contributed by atoms with Crippen molar-refractivity contribution in [3.63, 3.8) is 0 Å². The summed E-state index contributed by atoms with van der Waals surface area (Å²) in [6, 6.07) is 29.5. The molecule has 4 aromatic carbocycles. The maximum absolute atomic E-state index is 12.0. The zero-order valence-corrected chi connectivity index (χ0v) is 20.1. The molecule has 0 saturated carbocycles. The molecule has 0 radical (unpaired) electrons. The van der Waals surface area contributed by atoms with Gasteiger partial charge in [-0.3, -0.25) is 0 Å². The predicted molar refractivity (Wildman–Crippen MR) is 137 cm³/mol. The van der Waals surface area contributed by atoms with Crippen LogP contribution in [0.15, 0.2) is 97.1 Å². The molecule has 4 rings (SSSR count). The number of urea groups is 1. The van der Waals surface area contributed by atoms with Gasteiger partial charge >= 0.3 is 201 Å². The Morgan fingerprint density at radius 2 is 1.48 bits per heavy atom. The molecule has 0 heterocycles. The van der Waals surface area contributed by atoms with Crippen LogP contribution in [0.2, 0.25) is 0 Å². The van der Waals surface area contributed by atoms with Gasteiger partial charge in [-0.05, 0) is 0 Å². The first-order valence-electron chi connectivity index (χ1n) is 10.3. The van der Waals surface area contributed by atoms with Crippen molar-refractivity contribution >= 4 is 43.4 Å². The second-order valence-corrected chi connectivity index (χ2v) is 10.6. The van der Waals surface area contributed by atoms with Crippen molar-refractivity contribution in [1.82, 2.24) is 5.32 Å². The summed E-state index contributed by atoms with van der Waals surface area (Å²) in [7, 11) is 0. The number of hydrogen-bond donors (Lipinski definition) is 2. The first kappa shape index (κ1) is 22.6. The molecule has 7 heteroatoms. The second kappa shape index (κ2) is 10.4. The fourth-order valence-electron chi connectivity index (χ4n) is 3.55. The second-order valence-electron chi connectivity index (χ2n) is 7.21. The Hall–Kier alpha value is -3.59. The van der Waals surface area contributed by atoms with Crippen LogP contribution in [0.5, 0.6) is 5.75 Å². The third kappa shape index (κ3) is 5.43. The van der Waals surface area contributed by atoms with Crippen LogP contribution in [0, 0.1) is 3.57 Å². The van der Waals surface area contributed by atoms with E-state index in [1.54, 1.807) is 0 Å². The van der Waals surface area contributed by atoms with Crippen LogP contribution in [0.25, 0.3) is 10.8 Å². The van der Waals surface area contributed by atoms with Crippen LogP contribution >= 0.6 is 20.6 Å². The summed E-state index contributed by atoms with van der Waals surface area (Å²) in [5, 5.41) is 4.76. The van der Waals surface area contributed by atoms with E-state index < -0.39 is 38.7 Å². The molecule has 0 fully saturated rings. The normalized spacial score (nSPS) is 12.0. The SMILES string of the molecule is CC(=O)OI(Oc1ccc2ccccc2c1C(NC(N)=O)c1ccccc1)c1ccccc1. The number of halogens is 1. The van der Waals surface area contributed by atoms with Crippen molar-refractivity contribution in [3.05, 3.63) is 112 Å². The van der Waals surface area contributed by atoms with E-state index >= 15 is 0 Å². The van der Waals surface area contributed by atoms with Crippen LogP contribution in [0.3, 0.4) is 0 Å². The van der Waals surface area contributed by atoms with Crippen LogP contribution in [-0.2, 0) is 7.86 Å². The van der Waals surface area contributed by atoms with E-state index in [2.05, 4.69) is 5.32 Å². The van der Waals surface area contributed by atoms with E-state index in [4.69, 9.17) is 11.9 Å². The monoisotopic (exact) mass is 554 g/mol. The average molecular weight is 554 g/mol. The Bertz CT molecular complexity index is 1270. The van der Waals surface area contributed by atoms with Gasteiger partial charge in [0.2, 0.25) is 0 Å². The summed E-state index contributed by atoms with van der Waals surface area (Å²) in [5.74, 6) is 0.132. The number of fused-ring (bicyclic) bond motifs is 1. The van der Waals surface area contributed by atoms with Crippen molar-refractivity contribution in [1.29, 1.82) is 0 Å². The van der Waals surface area contributed by atoms with E-state index in [0.29, 0.717) is 5.75 Å². The molecular weight excluding hydrogens is 531 g/mol. The molecule has 0 bridgehead atoms. The number of hydrogen-bond acceptors (Lipinski definition) is 4. The molecule has 1 atom stereocenters. The summed E-state index contributed by atoms with van der Waals surface area (Å²) in [4.78, 5) is 23.9. The van der Waals surface area contributed by atoms with E-state index in [1.807, 2.05) is 97.1 Å². The Kier molecular flexibility index (Phi) is 7.09.